The Balaban J connectivity index is 1.24. The van der Waals surface area contributed by atoms with Crippen molar-refractivity contribution < 1.29 is 23.4 Å². The number of hydrogen-bond acceptors (Lipinski definition) is 9. The fraction of sp³-hybridized carbons (Fsp3) is 0.441. The van der Waals surface area contributed by atoms with Crippen molar-refractivity contribution in [2.45, 2.75) is 61.9 Å². The van der Waals surface area contributed by atoms with Crippen LogP contribution in [-0.2, 0) is 0 Å². The number of piperazine rings is 1. The maximum Gasteiger partial charge on any atom is 0.319 e. The zero-order valence-corrected chi connectivity index (χ0v) is 24.6. The van der Waals surface area contributed by atoms with Crippen LogP contribution >= 0.6 is 0 Å². The van der Waals surface area contributed by atoms with E-state index in [0.717, 1.165) is 32.2 Å². The molecule has 0 radical (unpaired) electrons. The minimum atomic E-state index is -0.899. The van der Waals surface area contributed by atoms with Crippen LogP contribution in [0.4, 0.5) is 14.6 Å². The van der Waals surface area contributed by atoms with Gasteiger partial charge in [-0.05, 0) is 55.8 Å². The number of hydrogen-bond donors (Lipinski definition) is 2. The standard InChI is InChI=1S/C34H32F2N6O3/c1-2-18-5-3-6-19-11-22(43)12-23(26(18)19)29-28(36)30-27-31(42-15-21-7-8-24(37-21)25(42)16-44-32(27)38-29)40-33(39-30)45-17-34-9-4-10-41(34)14-20(35)13-34/h1,3,5-6,11-12,20-21,24-25,37,43H,4,7-10,13-17H2/t20-,21-,24+,25-,34+/m0/s1. The second-order valence-corrected chi connectivity index (χ2v) is 13.1. The highest BCUT2D eigenvalue weighted by molar-refractivity contribution is 6.04. The van der Waals surface area contributed by atoms with E-state index >= 15 is 4.39 Å². The number of aromatic hydroxyl groups is 1. The van der Waals surface area contributed by atoms with Crippen molar-refractivity contribution in [3.8, 4) is 41.2 Å². The molecule has 230 valence electrons. The number of benzene rings is 2. The van der Waals surface area contributed by atoms with Crippen molar-refractivity contribution >= 4 is 27.5 Å². The third kappa shape index (κ3) is 4.08. The van der Waals surface area contributed by atoms with Gasteiger partial charge in [0, 0.05) is 48.1 Å². The van der Waals surface area contributed by atoms with Crippen molar-refractivity contribution in [2.75, 3.05) is 37.7 Å². The maximum absolute atomic E-state index is 17.0. The van der Waals surface area contributed by atoms with Crippen LogP contribution in [-0.4, -0.2) is 87.6 Å². The van der Waals surface area contributed by atoms with Gasteiger partial charge in [0.05, 0.1) is 11.6 Å². The number of alkyl halides is 1. The van der Waals surface area contributed by atoms with Gasteiger partial charge in [0.25, 0.3) is 0 Å². The lowest BCUT2D eigenvalue weighted by molar-refractivity contribution is 0.107. The van der Waals surface area contributed by atoms with E-state index in [1.807, 2.05) is 6.07 Å². The summed E-state index contributed by atoms with van der Waals surface area (Å²) in [5, 5.41) is 16.0. The molecule has 4 aromatic rings. The Hall–Kier alpha value is -4.27. The van der Waals surface area contributed by atoms with Crippen molar-refractivity contribution in [1.82, 2.24) is 25.2 Å². The highest BCUT2D eigenvalue weighted by Gasteiger charge is 2.50. The van der Waals surface area contributed by atoms with Gasteiger partial charge in [-0.25, -0.2) is 13.8 Å². The second kappa shape index (κ2) is 9.86. The van der Waals surface area contributed by atoms with Crippen LogP contribution in [0.3, 0.4) is 0 Å². The number of nitrogens with one attached hydrogen (secondary N) is 1. The lowest BCUT2D eigenvalue weighted by Gasteiger charge is -2.40. The van der Waals surface area contributed by atoms with Gasteiger partial charge in [-0.1, -0.05) is 18.1 Å². The van der Waals surface area contributed by atoms with Crippen LogP contribution in [0, 0.1) is 18.2 Å². The summed E-state index contributed by atoms with van der Waals surface area (Å²) in [7, 11) is 0. The monoisotopic (exact) mass is 610 g/mol. The van der Waals surface area contributed by atoms with E-state index in [-0.39, 0.29) is 53.6 Å². The molecule has 2 bridgehead atoms. The summed E-state index contributed by atoms with van der Waals surface area (Å²) in [4.78, 5) is 18.7. The number of nitrogens with zero attached hydrogens (tertiary/aromatic N) is 5. The van der Waals surface area contributed by atoms with E-state index < -0.39 is 17.5 Å². The number of halogens is 2. The number of pyridine rings is 1. The summed E-state index contributed by atoms with van der Waals surface area (Å²) in [6.07, 6.45) is 9.21. The van der Waals surface area contributed by atoms with Crippen LogP contribution in [0.25, 0.3) is 32.9 Å². The summed E-state index contributed by atoms with van der Waals surface area (Å²) in [6.45, 7) is 2.47. The van der Waals surface area contributed by atoms with Gasteiger partial charge < -0.3 is 24.8 Å². The predicted molar refractivity (Wildman–Crippen MR) is 165 cm³/mol. The van der Waals surface area contributed by atoms with Gasteiger partial charge in [-0.3, -0.25) is 4.90 Å². The molecule has 4 fully saturated rings. The fourth-order valence-corrected chi connectivity index (χ4v) is 8.53. The van der Waals surface area contributed by atoms with Crippen molar-refractivity contribution in [1.29, 1.82) is 0 Å². The first-order valence-corrected chi connectivity index (χ1v) is 15.7. The largest absolute Gasteiger partial charge is 0.508 e. The van der Waals surface area contributed by atoms with Crippen LogP contribution in [0.15, 0.2) is 30.3 Å². The molecule has 0 aliphatic carbocycles. The molecule has 0 amide bonds. The van der Waals surface area contributed by atoms with Crippen molar-refractivity contribution in [3.05, 3.63) is 41.7 Å². The van der Waals surface area contributed by atoms with Crippen LogP contribution in [0.1, 0.15) is 37.7 Å². The van der Waals surface area contributed by atoms with E-state index in [1.165, 1.54) is 6.07 Å². The summed E-state index contributed by atoms with van der Waals surface area (Å²) >= 11 is 0. The normalized spacial score (nSPS) is 28.5. The number of aromatic nitrogens is 3. The summed E-state index contributed by atoms with van der Waals surface area (Å²) in [5.41, 5.74) is 0.457. The molecular weight excluding hydrogens is 578 g/mol. The molecule has 9 rings (SSSR count). The minimum absolute atomic E-state index is 0.0202. The number of phenols is 1. The van der Waals surface area contributed by atoms with Crippen LogP contribution in [0.5, 0.6) is 17.6 Å². The SMILES string of the molecule is C#Cc1cccc2cc(O)cc(-c3nc4c5c(nc(OC[C@]67CCCN6C[C@@H](F)C7)nc5c3F)N3C[C@@H]5CC[C@@H](N5)[C@@H]3CO4)c12. The summed E-state index contributed by atoms with van der Waals surface area (Å²) in [6, 6.07) is 8.91. The van der Waals surface area contributed by atoms with E-state index in [0.29, 0.717) is 59.2 Å². The zero-order chi connectivity index (χ0) is 30.4. The molecular formula is C34H32F2N6O3. The summed E-state index contributed by atoms with van der Waals surface area (Å²) in [5.74, 6) is 2.70. The first-order chi connectivity index (χ1) is 21.9. The van der Waals surface area contributed by atoms with Crippen LogP contribution < -0.4 is 19.7 Å². The topological polar surface area (TPSA) is 95.9 Å². The first kappa shape index (κ1) is 27.1. The molecule has 7 heterocycles. The molecule has 11 heteroatoms. The molecule has 45 heavy (non-hydrogen) atoms. The Morgan fingerprint density at radius 3 is 2.98 bits per heavy atom. The lowest BCUT2D eigenvalue weighted by atomic mass is 9.95. The molecule has 5 atom stereocenters. The molecule has 0 saturated carbocycles. The van der Waals surface area contributed by atoms with Gasteiger partial charge in [-0.2, -0.15) is 9.97 Å². The minimum Gasteiger partial charge on any atom is -0.508 e. The van der Waals surface area contributed by atoms with Gasteiger partial charge in [-0.15, -0.1) is 6.42 Å². The van der Waals surface area contributed by atoms with E-state index in [4.69, 9.17) is 25.9 Å². The molecule has 0 unspecified atom stereocenters. The molecule has 9 nitrogen and oxygen atoms in total. The smallest absolute Gasteiger partial charge is 0.319 e. The second-order valence-electron chi connectivity index (χ2n) is 13.1. The highest BCUT2D eigenvalue weighted by Crippen LogP contribution is 2.45. The molecule has 4 saturated heterocycles. The Morgan fingerprint density at radius 2 is 2.09 bits per heavy atom. The van der Waals surface area contributed by atoms with Gasteiger partial charge >= 0.3 is 6.01 Å². The van der Waals surface area contributed by atoms with Crippen molar-refractivity contribution in [3.63, 3.8) is 0 Å². The molecule has 5 aliphatic rings. The number of terminal acetylenes is 1. The third-order valence-electron chi connectivity index (χ3n) is 10.5. The fourth-order valence-electron chi connectivity index (χ4n) is 8.53. The molecule has 2 N–H and O–H groups in total. The Morgan fingerprint density at radius 1 is 1.18 bits per heavy atom. The first-order valence-electron chi connectivity index (χ1n) is 15.7. The predicted octanol–water partition coefficient (Wildman–Crippen LogP) is 4.33. The van der Waals surface area contributed by atoms with Gasteiger partial charge in [0.15, 0.2) is 5.82 Å². The maximum atomic E-state index is 17.0. The van der Waals surface area contributed by atoms with E-state index in [2.05, 4.69) is 26.0 Å². The van der Waals surface area contributed by atoms with Crippen molar-refractivity contribution in [2.24, 2.45) is 0 Å². The molecule has 2 aromatic heterocycles. The number of phenolic OH excluding ortho intramolecular Hbond substituents is 1. The zero-order valence-electron chi connectivity index (χ0n) is 24.6. The average Bonchev–Trinajstić information content (AvgIpc) is 3.67. The Kier molecular flexibility index (Phi) is 5.93. The van der Waals surface area contributed by atoms with Crippen LogP contribution in [0.2, 0.25) is 0 Å². The summed E-state index contributed by atoms with van der Waals surface area (Å²) < 4.78 is 44.2. The number of fused-ring (bicyclic) bond motifs is 7. The van der Waals surface area contributed by atoms with E-state index in [9.17, 15) is 9.50 Å². The molecule has 2 aromatic carbocycles. The number of ether oxygens (including phenoxy) is 2. The lowest BCUT2D eigenvalue weighted by Crippen LogP contribution is -2.60. The number of anilines is 1. The highest BCUT2D eigenvalue weighted by atomic mass is 19.1. The Bertz CT molecular complexity index is 1930. The van der Waals surface area contributed by atoms with E-state index in [1.54, 1.807) is 18.2 Å². The number of rotatable bonds is 4. The molecule has 5 aliphatic heterocycles. The Labute approximate surface area is 258 Å². The molecule has 0 spiro atoms. The average molecular weight is 611 g/mol. The van der Waals surface area contributed by atoms with Gasteiger partial charge in [0.2, 0.25) is 5.88 Å². The third-order valence-corrected chi connectivity index (χ3v) is 10.5. The van der Waals surface area contributed by atoms with Gasteiger partial charge in [0.1, 0.15) is 47.5 Å². The quantitative estimate of drug-likeness (QED) is 0.328.